The molecule has 2 rings (SSSR count). The topological polar surface area (TPSA) is 65.5 Å². The molecule has 0 spiro atoms. The van der Waals surface area contributed by atoms with E-state index in [2.05, 4.69) is 27.0 Å². The summed E-state index contributed by atoms with van der Waals surface area (Å²) < 4.78 is 0. The Kier molecular flexibility index (Phi) is 7.20. The summed E-state index contributed by atoms with van der Waals surface area (Å²) in [6.07, 6.45) is 2.91. The lowest BCUT2D eigenvalue weighted by molar-refractivity contribution is -0.122. The fourth-order valence-corrected chi connectivity index (χ4v) is 2.40. The van der Waals surface area contributed by atoms with Crippen molar-refractivity contribution in [3.8, 4) is 0 Å². The average molecular weight is 337 g/mol. The van der Waals surface area contributed by atoms with Crippen molar-refractivity contribution in [2.75, 3.05) is 26.2 Å². The first-order valence-corrected chi connectivity index (χ1v) is 8.61. The number of halogens is 1. The molecule has 0 aromatic heterocycles. The smallest absolute Gasteiger partial charge is 0.223 e. The van der Waals surface area contributed by atoms with Gasteiger partial charge in [0.25, 0.3) is 0 Å². The zero-order valence-corrected chi connectivity index (χ0v) is 14.3. The molecule has 1 saturated carbocycles. The van der Waals surface area contributed by atoms with Gasteiger partial charge in [-0.1, -0.05) is 23.7 Å². The second-order valence-electron chi connectivity index (χ2n) is 5.63. The summed E-state index contributed by atoms with van der Waals surface area (Å²) >= 11 is 5.98. The van der Waals surface area contributed by atoms with Crippen LogP contribution in [0.2, 0.25) is 5.02 Å². The normalized spacial score (nSPS) is 14.4. The molecule has 0 radical (unpaired) electrons. The van der Waals surface area contributed by atoms with Crippen LogP contribution in [0.1, 0.15) is 25.3 Å². The number of hydrogen-bond donors (Lipinski definition) is 3. The van der Waals surface area contributed by atoms with Crippen LogP contribution in [0.5, 0.6) is 0 Å². The number of amides is 1. The van der Waals surface area contributed by atoms with Crippen LogP contribution in [0.25, 0.3) is 0 Å². The summed E-state index contributed by atoms with van der Waals surface area (Å²) in [5.41, 5.74) is 1.17. The van der Waals surface area contributed by atoms with Crippen LogP contribution in [0.4, 0.5) is 0 Å². The highest BCUT2D eigenvalue weighted by Crippen LogP contribution is 2.28. The predicted molar refractivity (Wildman–Crippen MR) is 94.9 cm³/mol. The maximum atomic E-state index is 11.5. The van der Waals surface area contributed by atoms with E-state index < -0.39 is 0 Å². The monoisotopic (exact) mass is 336 g/mol. The minimum Gasteiger partial charge on any atom is -0.357 e. The first-order chi connectivity index (χ1) is 11.2. The van der Waals surface area contributed by atoms with Gasteiger partial charge in [0.1, 0.15) is 0 Å². The Morgan fingerprint density at radius 3 is 2.74 bits per heavy atom. The van der Waals surface area contributed by atoms with Crippen molar-refractivity contribution >= 4 is 23.5 Å². The van der Waals surface area contributed by atoms with E-state index in [4.69, 9.17) is 11.6 Å². The standard InChI is InChI=1S/C17H25ClN4O/c1-2-19-17(22-11-10-20-16(23)14-6-7-14)21-9-8-13-4-3-5-15(18)12-13/h3-5,12,14H,2,6-11H2,1H3,(H,20,23)(H2,19,21,22). The number of guanidine groups is 1. The zero-order valence-electron chi connectivity index (χ0n) is 13.6. The van der Waals surface area contributed by atoms with Crippen molar-refractivity contribution in [1.29, 1.82) is 0 Å². The van der Waals surface area contributed by atoms with E-state index in [0.717, 1.165) is 36.8 Å². The van der Waals surface area contributed by atoms with E-state index >= 15 is 0 Å². The van der Waals surface area contributed by atoms with E-state index in [1.54, 1.807) is 0 Å². The Morgan fingerprint density at radius 1 is 1.26 bits per heavy atom. The van der Waals surface area contributed by atoms with Crippen LogP contribution in [0.3, 0.4) is 0 Å². The van der Waals surface area contributed by atoms with Crippen molar-refractivity contribution in [3.63, 3.8) is 0 Å². The highest BCUT2D eigenvalue weighted by molar-refractivity contribution is 6.30. The van der Waals surface area contributed by atoms with Crippen molar-refractivity contribution in [1.82, 2.24) is 16.0 Å². The molecule has 0 atom stereocenters. The van der Waals surface area contributed by atoms with E-state index in [1.807, 2.05) is 25.1 Å². The van der Waals surface area contributed by atoms with Gasteiger partial charge in [0.05, 0.1) is 0 Å². The van der Waals surface area contributed by atoms with Crippen LogP contribution in [-0.2, 0) is 11.2 Å². The van der Waals surface area contributed by atoms with Crippen LogP contribution < -0.4 is 16.0 Å². The van der Waals surface area contributed by atoms with Crippen molar-refractivity contribution in [2.45, 2.75) is 26.2 Å². The molecule has 1 amide bonds. The molecule has 23 heavy (non-hydrogen) atoms. The third kappa shape index (κ3) is 6.91. The Bertz CT molecular complexity index is 543. The lowest BCUT2D eigenvalue weighted by Crippen LogP contribution is -2.41. The highest BCUT2D eigenvalue weighted by atomic mass is 35.5. The first kappa shape index (κ1) is 17.6. The van der Waals surface area contributed by atoms with Crippen LogP contribution >= 0.6 is 11.6 Å². The Hall–Kier alpha value is -1.75. The molecule has 5 nitrogen and oxygen atoms in total. The van der Waals surface area contributed by atoms with Gasteiger partial charge >= 0.3 is 0 Å². The van der Waals surface area contributed by atoms with Gasteiger partial charge in [0.2, 0.25) is 5.91 Å². The average Bonchev–Trinajstić information content (AvgIpc) is 3.36. The first-order valence-electron chi connectivity index (χ1n) is 8.23. The minimum absolute atomic E-state index is 0.176. The maximum Gasteiger partial charge on any atom is 0.223 e. The number of hydrogen-bond acceptors (Lipinski definition) is 2. The third-order valence-electron chi connectivity index (χ3n) is 3.57. The quantitative estimate of drug-likeness (QED) is 0.386. The number of carbonyl (C=O) groups is 1. The summed E-state index contributed by atoms with van der Waals surface area (Å²) in [6.45, 7) is 4.81. The number of carbonyl (C=O) groups excluding carboxylic acids is 1. The summed E-state index contributed by atoms with van der Waals surface area (Å²) in [5.74, 6) is 1.21. The van der Waals surface area contributed by atoms with Gasteiger partial charge in [-0.05, 0) is 43.9 Å². The molecular weight excluding hydrogens is 312 g/mol. The second kappa shape index (κ2) is 9.40. The summed E-state index contributed by atoms with van der Waals surface area (Å²) in [7, 11) is 0. The molecule has 0 bridgehead atoms. The van der Waals surface area contributed by atoms with Crippen molar-refractivity contribution < 1.29 is 4.79 Å². The number of benzene rings is 1. The third-order valence-corrected chi connectivity index (χ3v) is 3.80. The SMILES string of the molecule is CCNC(=NCCc1cccc(Cl)c1)NCCNC(=O)C1CC1. The summed E-state index contributed by atoms with van der Waals surface area (Å²) in [6, 6.07) is 7.84. The van der Waals surface area contributed by atoms with Crippen molar-refractivity contribution in [2.24, 2.45) is 10.9 Å². The van der Waals surface area contributed by atoms with E-state index in [0.29, 0.717) is 19.6 Å². The Morgan fingerprint density at radius 2 is 2.04 bits per heavy atom. The maximum absolute atomic E-state index is 11.5. The molecule has 1 aliphatic carbocycles. The molecule has 6 heteroatoms. The van der Waals surface area contributed by atoms with Crippen molar-refractivity contribution in [3.05, 3.63) is 34.9 Å². The molecule has 0 unspecified atom stereocenters. The predicted octanol–water partition coefficient (Wildman–Crippen LogP) is 1.96. The van der Waals surface area contributed by atoms with Crippen LogP contribution in [-0.4, -0.2) is 38.0 Å². The largest absolute Gasteiger partial charge is 0.357 e. The second-order valence-corrected chi connectivity index (χ2v) is 6.07. The molecule has 126 valence electrons. The molecule has 0 aliphatic heterocycles. The Labute approximate surface area is 142 Å². The summed E-state index contributed by atoms with van der Waals surface area (Å²) in [5, 5.41) is 10.1. The molecule has 0 saturated heterocycles. The number of aliphatic imine (C=N–C) groups is 1. The van der Waals surface area contributed by atoms with E-state index in [-0.39, 0.29) is 11.8 Å². The summed E-state index contributed by atoms with van der Waals surface area (Å²) in [4.78, 5) is 16.1. The van der Waals surface area contributed by atoms with Crippen LogP contribution in [0.15, 0.2) is 29.3 Å². The number of nitrogens with zero attached hydrogens (tertiary/aromatic N) is 1. The van der Waals surface area contributed by atoms with E-state index in [1.165, 1.54) is 5.56 Å². The van der Waals surface area contributed by atoms with Gasteiger partial charge in [-0.15, -0.1) is 0 Å². The fourth-order valence-electron chi connectivity index (χ4n) is 2.19. The van der Waals surface area contributed by atoms with Gasteiger partial charge < -0.3 is 16.0 Å². The molecule has 1 aromatic carbocycles. The minimum atomic E-state index is 0.176. The lowest BCUT2D eigenvalue weighted by atomic mass is 10.1. The van der Waals surface area contributed by atoms with Gasteiger partial charge in [0.15, 0.2) is 5.96 Å². The van der Waals surface area contributed by atoms with Gasteiger partial charge in [-0.3, -0.25) is 9.79 Å². The van der Waals surface area contributed by atoms with E-state index in [9.17, 15) is 4.79 Å². The van der Waals surface area contributed by atoms with Crippen LogP contribution in [0, 0.1) is 5.92 Å². The number of rotatable bonds is 8. The molecular formula is C17H25ClN4O. The molecule has 1 aromatic rings. The van der Waals surface area contributed by atoms with Gasteiger partial charge in [-0.25, -0.2) is 0 Å². The van der Waals surface area contributed by atoms with Gasteiger partial charge in [0, 0.05) is 37.1 Å². The Balaban J connectivity index is 1.69. The fraction of sp³-hybridized carbons (Fsp3) is 0.529. The number of nitrogens with one attached hydrogen (secondary N) is 3. The molecule has 3 N–H and O–H groups in total. The molecule has 1 fully saturated rings. The molecule has 0 heterocycles. The molecule has 1 aliphatic rings. The zero-order chi connectivity index (χ0) is 16.5. The van der Waals surface area contributed by atoms with Gasteiger partial charge in [-0.2, -0.15) is 0 Å². The lowest BCUT2D eigenvalue weighted by Gasteiger charge is -2.11. The highest BCUT2D eigenvalue weighted by Gasteiger charge is 2.28.